The molecule has 2 N–H and O–H groups in total. The highest BCUT2D eigenvalue weighted by atomic mass is 14.6. The van der Waals surface area contributed by atoms with Crippen LogP contribution in [0.5, 0.6) is 0 Å². The number of nitrogens with two attached hydrogens (primary N) is 1. The van der Waals surface area contributed by atoms with E-state index < -0.39 is 0 Å². The maximum Gasteiger partial charge on any atom is 0.0346 e. The van der Waals surface area contributed by atoms with E-state index in [-0.39, 0.29) is 0 Å². The molecule has 1 aromatic carbocycles. The maximum absolute atomic E-state index is 5.97. The Kier molecular flexibility index (Phi) is 6.73. The molecular formula is C18H25N. The fourth-order valence-corrected chi connectivity index (χ4v) is 2.06. The predicted molar refractivity (Wildman–Crippen MR) is 86.6 cm³/mol. The molecule has 0 saturated heterocycles. The van der Waals surface area contributed by atoms with E-state index in [0.717, 1.165) is 30.5 Å². The van der Waals surface area contributed by atoms with E-state index in [1.807, 2.05) is 13.8 Å². The molecule has 0 amide bonds. The first kappa shape index (κ1) is 15.3. The third-order valence-corrected chi connectivity index (χ3v) is 3.03. The van der Waals surface area contributed by atoms with Gasteiger partial charge in [0.15, 0.2) is 0 Å². The van der Waals surface area contributed by atoms with Gasteiger partial charge < -0.3 is 5.73 Å². The van der Waals surface area contributed by atoms with Crippen molar-refractivity contribution in [1.82, 2.24) is 0 Å². The number of hydrogen-bond acceptors (Lipinski definition) is 1. The molecule has 0 atom stereocenters. The van der Waals surface area contributed by atoms with Crippen LogP contribution in [0.25, 0.3) is 11.3 Å². The molecule has 2 rings (SSSR count). The first-order valence-electron chi connectivity index (χ1n) is 7.23. The van der Waals surface area contributed by atoms with Crippen LogP contribution in [0.2, 0.25) is 0 Å². The van der Waals surface area contributed by atoms with Crippen molar-refractivity contribution < 1.29 is 0 Å². The summed E-state index contributed by atoms with van der Waals surface area (Å²) in [5, 5.41) is 0. The van der Waals surface area contributed by atoms with Crippen molar-refractivity contribution >= 4 is 11.3 Å². The molecule has 1 aliphatic carbocycles. The Morgan fingerprint density at radius 3 is 2.42 bits per heavy atom. The van der Waals surface area contributed by atoms with Crippen LogP contribution in [0, 0.1) is 0 Å². The summed E-state index contributed by atoms with van der Waals surface area (Å²) in [5.41, 5.74) is 10.7. The lowest BCUT2D eigenvalue weighted by Crippen LogP contribution is -1.96. The van der Waals surface area contributed by atoms with E-state index in [1.54, 1.807) is 0 Å². The molecule has 1 aliphatic rings. The van der Waals surface area contributed by atoms with Crippen LogP contribution in [0.3, 0.4) is 0 Å². The zero-order chi connectivity index (χ0) is 14.1. The van der Waals surface area contributed by atoms with Crippen LogP contribution in [-0.2, 0) is 0 Å². The highest BCUT2D eigenvalue weighted by Crippen LogP contribution is 2.24. The van der Waals surface area contributed by atoms with Gasteiger partial charge >= 0.3 is 0 Å². The SMILES string of the molecule is CC.CCC=C(N)c1ccc(C2=CC=CCC2)cc1. The van der Waals surface area contributed by atoms with E-state index in [1.165, 1.54) is 11.1 Å². The topological polar surface area (TPSA) is 26.0 Å². The van der Waals surface area contributed by atoms with Crippen molar-refractivity contribution in [2.45, 2.75) is 40.0 Å². The molecule has 0 fully saturated rings. The van der Waals surface area contributed by atoms with Gasteiger partial charge in [0.25, 0.3) is 0 Å². The van der Waals surface area contributed by atoms with Crippen LogP contribution in [0.4, 0.5) is 0 Å². The molecule has 0 bridgehead atoms. The summed E-state index contributed by atoms with van der Waals surface area (Å²) in [7, 11) is 0. The van der Waals surface area contributed by atoms with Gasteiger partial charge in [-0.1, -0.05) is 69.3 Å². The smallest absolute Gasteiger partial charge is 0.0346 e. The molecule has 1 aromatic rings. The van der Waals surface area contributed by atoms with E-state index in [0.29, 0.717) is 0 Å². The predicted octanol–water partition coefficient (Wildman–Crippen LogP) is 5.16. The quantitative estimate of drug-likeness (QED) is 0.793. The molecule has 19 heavy (non-hydrogen) atoms. The molecule has 1 nitrogen and oxygen atoms in total. The van der Waals surface area contributed by atoms with Gasteiger partial charge in [-0.3, -0.25) is 0 Å². The van der Waals surface area contributed by atoms with Gasteiger partial charge in [-0.25, -0.2) is 0 Å². The first-order chi connectivity index (χ1) is 9.31. The Labute approximate surface area is 117 Å². The zero-order valence-corrected chi connectivity index (χ0v) is 12.3. The monoisotopic (exact) mass is 255 g/mol. The molecule has 0 spiro atoms. The summed E-state index contributed by atoms with van der Waals surface area (Å²) < 4.78 is 0. The molecule has 0 saturated carbocycles. The second kappa shape index (κ2) is 8.36. The lowest BCUT2D eigenvalue weighted by Gasteiger charge is -2.10. The average molecular weight is 255 g/mol. The van der Waals surface area contributed by atoms with Gasteiger partial charge in [0, 0.05) is 5.70 Å². The lowest BCUT2D eigenvalue weighted by atomic mass is 9.96. The van der Waals surface area contributed by atoms with Crippen molar-refractivity contribution in [3.63, 3.8) is 0 Å². The van der Waals surface area contributed by atoms with Gasteiger partial charge in [0.1, 0.15) is 0 Å². The number of rotatable bonds is 3. The van der Waals surface area contributed by atoms with Crippen molar-refractivity contribution in [2.24, 2.45) is 5.73 Å². The van der Waals surface area contributed by atoms with E-state index in [2.05, 4.69) is 55.5 Å². The van der Waals surface area contributed by atoms with Gasteiger partial charge in [-0.2, -0.15) is 0 Å². The largest absolute Gasteiger partial charge is 0.399 e. The Morgan fingerprint density at radius 1 is 1.21 bits per heavy atom. The van der Waals surface area contributed by atoms with Crippen molar-refractivity contribution in [3.05, 3.63) is 59.7 Å². The van der Waals surface area contributed by atoms with E-state index in [4.69, 9.17) is 5.73 Å². The molecule has 1 heteroatoms. The fraction of sp³-hybridized carbons (Fsp3) is 0.333. The molecule has 102 valence electrons. The molecule has 0 unspecified atom stereocenters. The maximum atomic E-state index is 5.97. The minimum absolute atomic E-state index is 0.872. The summed E-state index contributed by atoms with van der Waals surface area (Å²) in [4.78, 5) is 0. The summed E-state index contributed by atoms with van der Waals surface area (Å²) in [6.45, 7) is 6.10. The van der Waals surface area contributed by atoms with Crippen molar-refractivity contribution in [2.75, 3.05) is 0 Å². The standard InChI is InChI=1S/C16H19N.C2H6/c1-2-6-16(17)15-11-9-14(10-12-15)13-7-4-3-5-8-13;1-2/h3-4,6-7,9-12H,2,5,8,17H2,1H3;1-2H3. The average Bonchev–Trinajstić information content (AvgIpc) is 2.51. The van der Waals surface area contributed by atoms with Crippen molar-refractivity contribution in [1.29, 1.82) is 0 Å². The minimum atomic E-state index is 0.872. The first-order valence-corrected chi connectivity index (χ1v) is 7.23. The Hall–Kier alpha value is -1.76. The molecule has 0 aliphatic heterocycles. The van der Waals surface area contributed by atoms with E-state index in [9.17, 15) is 0 Å². The fourth-order valence-electron chi connectivity index (χ4n) is 2.06. The Balaban J connectivity index is 0.000000861. The van der Waals surface area contributed by atoms with Gasteiger partial charge in [0.2, 0.25) is 0 Å². The second-order valence-corrected chi connectivity index (χ2v) is 4.30. The second-order valence-electron chi connectivity index (χ2n) is 4.30. The summed E-state index contributed by atoms with van der Waals surface area (Å²) in [6, 6.07) is 8.54. The summed E-state index contributed by atoms with van der Waals surface area (Å²) >= 11 is 0. The molecular weight excluding hydrogens is 230 g/mol. The van der Waals surface area contributed by atoms with Crippen LogP contribution < -0.4 is 5.73 Å². The Morgan fingerprint density at radius 2 is 1.89 bits per heavy atom. The molecule has 0 radical (unpaired) electrons. The van der Waals surface area contributed by atoms with Crippen LogP contribution >= 0.6 is 0 Å². The normalized spacial score (nSPS) is 14.5. The number of hydrogen-bond donors (Lipinski definition) is 1. The number of benzene rings is 1. The number of allylic oxidation sites excluding steroid dienone is 5. The van der Waals surface area contributed by atoms with Gasteiger partial charge in [-0.05, 0) is 36.0 Å². The van der Waals surface area contributed by atoms with Crippen molar-refractivity contribution in [3.8, 4) is 0 Å². The van der Waals surface area contributed by atoms with Gasteiger partial charge in [-0.15, -0.1) is 0 Å². The minimum Gasteiger partial charge on any atom is -0.399 e. The van der Waals surface area contributed by atoms with Gasteiger partial charge in [0.05, 0.1) is 0 Å². The van der Waals surface area contributed by atoms with Crippen LogP contribution in [-0.4, -0.2) is 0 Å². The molecule has 0 heterocycles. The van der Waals surface area contributed by atoms with Crippen LogP contribution in [0.1, 0.15) is 51.2 Å². The summed E-state index contributed by atoms with van der Waals surface area (Å²) in [6.07, 6.45) is 11.9. The highest BCUT2D eigenvalue weighted by Gasteiger charge is 2.03. The zero-order valence-electron chi connectivity index (χ0n) is 12.3. The highest BCUT2D eigenvalue weighted by molar-refractivity contribution is 5.71. The lowest BCUT2D eigenvalue weighted by molar-refractivity contribution is 1.05. The van der Waals surface area contributed by atoms with Crippen LogP contribution in [0.15, 0.2) is 48.6 Å². The van der Waals surface area contributed by atoms with E-state index >= 15 is 0 Å². The Bertz CT molecular complexity index is 461. The third-order valence-electron chi connectivity index (χ3n) is 3.03. The molecule has 0 aromatic heterocycles. The third kappa shape index (κ3) is 4.44. The summed E-state index contributed by atoms with van der Waals surface area (Å²) in [5.74, 6) is 0.